The summed E-state index contributed by atoms with van der Waals surface area (Å²) in [4.78, 5) is 41.9. The second-order valence-electron chi connectivity index (χ2n) is 6.93. The lowest BCUT2D eigenvalue weighted by atomic mass is 10.1. The van der Waals surface area contributed by atoms with Crippen molar-refractivity contribution in [1.29, 1.82) is 0 Å². The van der Waals surface area contributed by atoms with E-state index in [4.69, 9.17) is 4.74 Å². The zero-order chi connectivity index (χ0) is 18.3. The minimum atomic E-state index is -0.467. The molecule has 1 N–H and O–H groups in total. The number of rotatable bonds is 2. The van der Waals surface area contributed by atoms with Crippen LogP contribution in [0.25, 0.3) is 10.9 Å². The molecule has 2 atom stereocenters. The molecule has 1 aromatic heterocycles. The van der Waals surface area contributed by atoms with Crippen molar-refractivity contribution in [1.82, 2.24) is 14.5 Å². The molecule has 134 valence electrons. The number of aromatic amines is 1. The quantitative estimate of drug-likeness (QED) is 0.894. The Morgan fingerprint density at radius 2 is 1.84 bits per heavy atom. The van der Waals surface area contributed by atoms with Crippen LogP contribution in [0.3, 0.4) is 0 Å². The molecule has 7 heteroatoms. The van der Waals surface area contributed by atoms with Crippen molar-refractivity contribution in [2.24, 2.45) is 0 Å². The molecule has 0 aliphatic carbocycles. The fraction of sp³-hybridized carbons (Fsp3) is 0.500. The highest BCUT2D eigenvalue weighted by molar-refractivity contribution is 5.97. The van der Waals surface area contributed by atoms with Gasteiger partial charge in [-0.3, -0.25) is 14.2 Å². The summed E-state index contributed by atoms with van der Waals surface area (Å²) in [6, 6.07) is 4.58. The van der Waals surface area contributed by atoms with Crippen LogP contribution >= 0.6 is 0 Å². The smallest absolute Gasteiger partial charge is 0.329 e. The first-order valence-corrected chi connectivity index (χ1v) is 8.51. The van der Waals surface area contributed by atoms with E-state index in [-0.39, 0.29) is 29.7 Å². The monoisotopic (exact) mass is 345 g/mol. The van der Waals surface area contributed by atoms with Crippen LogP contribution in [0, 0.1) is 0 Å². The Kier molecular flexibility index (Phi) is 4.51. The number of fused-ring (bicyclic) bond motifs is 1. The van der Waals surface area contributed by atoms with Gasteiger partial charge in [0.25, 0.3) is 11.5 Å². The Bertz CT molecular complexity index is 918. The molecule has 1 aliphatic rings. The molecule has 0 bridgehead atoms. The predicted molar refractivity (Wildman–Crippen MR) is 95.1 cm³/mol. The van der Waals surface area contributed by atoms with E-state index in [1.165, 1.54) is 4.57 Å². The molecule has 1 fully saturated rings. The maximum Gasteiger partial charge on any atom is 0.329 e. The molecule has 2 heterocycles. The van der Waals surface area contributed by atoms with Crippen molar-refractivity contribution in [3.05, 3.63) is 44.6 Å². The number of carbonyl (C=O) groups is 1. The number of carbonyl (C=O) groups excluding carboxylic acids is 1. The van der Waals surface area contributed by atoms with Crippen LogP contribution in [-0.2, 0) is 4.74 Å². The van der Waals surface area contributed by atoms with Gasteiger partial charge in [0.1, 0.15) is 0 Å². The third-order valence-electron chi connectivity index (χ3n) is 4.40. The molecule has 1 amide bonds. The summed E-state index contributed by atoms with van der Waals surface area (Å²) in [5.74, 6) is -0.127. The number of morpholine rings is 1. The lowest BCUT2D eigenvalue weighted by molar-refractivity contribution is -0.0586. The molecule has 1 aromatic carbocycles. The third kappa shape index (κ3) is 3.24. The van der Waals surface area contributed by atoms with Crippen molar-refractivity contribution in [3.63, 3.8) is 0 Å². The van der Waals surface area contributed by atoms with E-state index in [2.05, 4.69) is 4.98 Å². The van der Waals surface area contributed by atoms with E-state index < -0.39 is 5.69 Å². The molecule has 0 radical (unpaired) electrons. The van der Waals surface area contributed by atoms with Gasteiger partial charge in [0.05, 0.1) is 23.1 Å². The van der Waals surface area contributed by atoms with Crippen LogP contribution < -0.4 is 11.2 Å². The highest BCUT2D eigenvalue weighted by Crippen LogP contribution is 2.16. The molecule has 1 saturated heterocycles. The number of hydrogen-bond acceptors (Lipinski definition) is 4. The van der Waals surface area contributed by atoms with Gasteiger partial charge in [0.2, 0.25) is 0 Å². The Labute approximate surface area is 145 Å². The van der Waals surface area contributed by atoms with Gasteiger partial charge >= 0.3 is 5.69 Å². The van der Waals surface area contributed by atoms with Gasteiger partial charge in [0, 0.05) is 24.7 Å². The molecule has 2 aromatic rings. The summed E-state index contributed by atoms with van der Waals surface area (Å²) < 4.78 is 6.83. The Balaban J connectivity index is 2.02. The normalized spacial score (nSPS) is 21.1. The summed E-state index contributed by atoms with van der Waals surface area (Å²) in [6.45, 7) is 8.46. The van der Waals surface area contributed by atoms with Gasteiger partial charge in [-0.2, -0.15) is 0 Å². The van der Waals surface area contributed by atoms with Gasteiger partial charge in [0.15, 0.2) is 0 Å². The number of aromatic nitrogens is 2. The van der Waals surface area contributed by atoms with Crippen LogP contribution in [-0.4, -0.2) is 45.7 Å². The van der Waals surface area contributed by atoms with E-state index in [0.717, 1.165) is 0 Å². The van der Waals surface area contributed by atoms with Gasteiger partial charge in [-0.15, -0.1) is 0 Å². The Morgan fingerprint density at radius 3 is 2.44 bits per heavy atom. The summed E-state index contributed by atoms with van der Waals surface area (Å²) in [6.07, 6.45) is -0.0441. The molecular weight excluding hydrogens is 322 g/mol. The molecule has 0 spiro atoms. The highest BCUT2D eigenvalue weighted by Gasteiger charge is 2.26. The van der Waals surface area contributed by atoms with Gasteiger partial charge in [-0.25, -0.2) is 4.79 Å². The summed E-state index contributed by atoms with van der Waals surface area (Å²) in [5, 5.41) is 0.397. The fourth-order valence-corrected chi connectivity index (χ4v) is 3.36. The lowest BCUT2D eigenvalue weighted by Gasteiger charge is -2.35. The summed E-state index contributed by atoms with van der Waals surface area (Å²) in [5.41, 5.74) is 0.0188. The third-order valence-corrected chi connectivity index (χ3v) is 4.40. The number of hydrogen-bond donors (Lipinski definition) is 1. The van der Waals surface area contributed by atoms with E-state index in [1.807, 2.05) is 13.8 Å². The first-order valence-electron chi connectivity index (χ1n) is 8.51. The van der Waals surface area contributed by atoms with Crippen LogP contribution in [0.4, 0.5) is 0 Å². The average Bonchev–Trinajstić information content (AvgIpc) is 2.52. The standard InChI is InChI=1S/C18H23N3O4/c1-10(2)21-17(23)14-6-5-13(7-15(14)19-18(21)24)16(22)20-8-11(3)25-12(4)9-20/h5-7,10-12H,8-9H2,1-4H3,(H,19,24). The van der Waals surface area contributed by atoms with Crippen LogP contribution in [0.2, 0.25) is 0 Å². The Morgan fingerprint density at radius 1 is 1.20 bits per heavy atom. The number of H-pyrrole nitrogens is 1. The summed E-state index contributed by atoms with van der Waals surface area (Å²) in [7, 11) is 0. The zero-order valence-corrected chi connectivity index (χ0v) is 14.9. The first-order chi connectivity index (χ1) is 11.8. The molecule has 3 rings (SSSR count). The van der Waals surface area contributed by atoms with Gasteiger partial charge in [-0.05, 0) is 45.9 Å². The average molecular weight is 345 g/mol. The topological polar surface area (TPSA) is 84.4 Å². The van der Waals surface area contributed by atoms with Crippen molar-refractivity contribution >= 4 is 16.8 Å². The largest absolute Gasteiger partial charge is 0.372 e. The van der Waals surface area contributed by atoms with E-state index in [9.17, 15) is 14.4 Å². The van der Waals surface area contributed by atoms with Gasteiger partial charge < -0.3 is 14.6 Å². The molecule has 7 nitrogen and oxygen atoms in total. The van der Waals surface area contributed by atoms with Crippen molar-refractivity contribution in [2.45, 2.75) is 45.9 Å². The van der Waals surface area contributed by atoms with Crippen molar-refractivity contribution in [2.75, 3.05) is 13.1 Å². The maximum absolute atomic E-state index is 12.8. The van der Waals surface area contributed by atoms with E-state index in [0.29, 0.717) is 29.6 Å². The SMILES string of the molecule is CC1CN(C(=O)c2ccc3c(=O)n(C(C)C)c(=O)[nH]c3c2)CC(C)O1. The lowest BCUT2D eigenvalue weighted by Crippen LogP contribution is -2.48. The van der Waals surface area contributed by atoms with Crippen molar-refractivity contribution in [3.8, 4) is 0 Å². The number of amides is 1. The minimum absolute atomic E-state index is 0.0220. The van der Waals surface area contributed by atoms with E-state index >= 15 is 0 Å². The van der Waals surface area contributed by atoms with E-state index in [1.54, 1.807) is 36.9 Å². The second kappa shape index (κ2) is 6.48. The molecule has 1 aliphatic heterocycles. The number of ether oxygens (including phenoxy) is 1. The van der Waals surface area contributed by atoms with Crippen LogP contribution in [0.1, 0.15) is 44.1 Å². The highest BCUT2D eigenvalue weighted by atomic mass is 16.5. The molecule has 0 saturated carbocycles. The second-order valence-corrected chi connectivity index (χ2v) is 6.93. The maximum atomic E-state index is 12.8. The van der Waals surface area contributed by atoms with Gasteiger partial charge in [-0.1, -0.05) is 0 Å². The first kappa shape index (κ1) is 17.4. The Hall–Kier alpha value is -2.41. The zero-order valence-electron chi connectivity index (χ0n) is 14.9. The molecule has 25 heavy (non-hydrogen) atoms. The summed E-state index contributed by atoms with van der Waals surface area (Å²) >= 11 is 0. The minimum Gasteiger partial charge on any atom is -0.372 e. The molecule has 2 unspecified atom stereocenters. The van der Waals surface area contributed by atoms with Crippen LogP contribution in [0.5, 0.6) is 0 Å². The number of nitrogens with one attached hydrogen (secondary N) is 1. The molecular formula is C18H23N3O4. The number of nitrogens with zero attached hydrogens (tertiary/aromatic N) is 2. The van der Waals surface area contributed by atoms with Crippen molar-refractivity contribution < 1.29 is 9.53 Å². The fourth-order valence-electron chi connectivity index (χ4n) is 3.36. The predicted octanol–water partition coefficient (Wildman–Crippen LogP) is 1.52. The number of benzene rings is 1. The van der Waals surface area contributed by atoms with Crippen LogP contribution in [0.15, 0.2) is 27.8 Å².